The fraction of sp³-hybridized carbons (Fsp3) is 0.381. The summed E-state index contributed by atoms with van der Waals surface area (Å²) in [5.74, 6) is -16.7. The van der Waals surface area contributed by atoms with Crippen molar-refractivity contribution in [3.63, 3.8) is 0 Å². The number of carbonyl (C=O) groups excluding carboxylic acids is 16. The summed E-state index contributed by atoms with van der Waals surface area (Å²) >= 11 is 0.810. The number of amides is 16. The van der Waals surface area contributed by atoms with Gasteiger partial charge < -0.3 is 105 Å². The lowest BCUT2D eigenvalue weighted by Crippen LogP contribution is -2.61. The number of nitrogens with two attached hydrogens (primary N) is 3. The van der Waals surface area contributed by atoms with Gasteiger partial charge in [-0.2, -0.15) is 0 Å². The first-order valence-electron chi connectivity index (χ1n) is 44.3. The van der Waals surface area contributed by atoms with Crippen molar-refractivity contribution in [2.45, 2.75) is 164 Å². The standard InChI is InChI=1S/C97H120N18O18S/c1-8-9-31-79-96(132)113(5)55-84(121)104-75(51-81(99)118)92(128)111-86(58(2)3)97(133)115(7)80(49-60-24-15-11-16-25-60)93(129)109-76(47-63-36-42-68(117)43-37-63)94(130)112(4)54-83(120)103-74(50-66-52-101-70-29-20-19-28-69(66)70)91(127)107-73(46-62-34-40-67(116)41-35-62)90(126)106-71(30-21-44-98)88(124)110-78(87(123)102-53-82(100)119)56-134-57-85(122)105-72(45-59-22-13-10-14-23-59)89(125)108-77(95(131)114(79)6)48-61-32-38-65(39-33-61)64-26-17-12-18-27-64/h10-20,22-29,32-43,52,58,71-80,86,101,116-117H,8-9,21,30-31,44-51,53-57,98H2,1-7H3,(H2,99,118)(H2,100,119)(H,102,123)(H,103,120)(H,104,121)(H,105,122)(H,106,126)(H,107,127)(H,108,125)(H,109,129)(H,110,124)(H,111,128)/t71-,72-,73-,74-,75-,76-,77-,78-,79-,80-,86-/m0/s1. The van der Waals surface area contributed by atoms with Crippen LogP contribution in [-0.4, -0.2) is 262 Å². The topological polar surface area (TPSA) is 541 Å². The van der Waals surface area contributed by atoms with Gasteiger partial charge in [-0.05, 0) is 107 Å². The zero-order valence-electron chi connectivity index (χ0n) is 76.0. The molecule has 0 radical (unpaired) electrons. The van der Waals surface area contributed by atoms with Crippen LogP contribution in [-0.2, 0) is 115 Å². The third-order valence-electron chi connectivity index (χ3n) is 22.8. The number of hydrogen-bond acceptors (Lipinski definition) is 20. The zero-order chi connectivity index (χ0) is 97.2. The number of thioether (sulfide) groups is 1. The lowest BCUT2D eigenvalue weighted by atomic mass is 9.98. The molecule has 2 heterocycles. The van der Waals surface area contributed by atoms with E-state index in [0.717, 1.165) is 42.5 Å². The third-order valence-corrected chi connectivity index (χ3v) is 23.9. The van der Waals surface area contributed by atoms with Gasteiger partial charge in [0.05, 0.1) is 31.8 Å². The van der Waals surface area contributed by atoms with Crippen LogP contribution in [0.4, 0.5) is 0 Å². The van der Waals surface area contributed by atoms with Crippen molar-refractivity contribution >= 4 is 117 Å². The minimum atomic E-state index is -1.79. The second-order valence-electron chi connectivity index (χ2n) is 33.6. The molecular formula is C97H120N18O18S. The van der Waals surface area contributed by atoms with Gasteiger partial charge in [-0.15, -0.1) is 11.8 Å². The highest BCUT2D eigenvalue weighted by Crippen LogP contribution is 2.25. The van der Waals surface area contributed by atoms with Crippen molar-refractivity contribution in [2.75, 3.05) is 65.9 Å². The number of nitrogens with zero attached hydrogens (tertiary/aromatic N) is 4. The Morgan fingerprint density at radius 3 is 1.43 bits per heavy atom. The quantitative estimate of drug-likeness (QED) is 0.0387. The van der Waals surface area contributed by atoms with E-state index in [9.17, 15) is 48.6 Å². The monoisotopic (exact) mass is 1860 g/mol. The number of rotatable bonds is 25. The largest absolute Gasteiger partial charge is 0.508 e. The van der Waals surface area contributed by atoms with Gasteiger partial charge in [-0.3, -0.25) is 76.7 Å². The average molecular weight is 1860 g/mol. The van der Waals surface area contributed by atoms with E-state index in [2.05, 4.69) is 58.2 Å². The number of nitrogens with one attached hydrogen (secondary N) is 11. The molecule has 0 aliphatic carbocycles. The van der Waals surface area contributed by atoms with Crippen molar-refractivity contribution in [3.05, 3.63) is 228 Å². The number of aromatic hydroxyl groups is 2. The van der Waals surface area contributed by atoms with Crippen LogP contribution in [0.1, 0.15) is 92.7 Å². The van der Waals surface area contributed by atoms with Crippen molar-refractivity contribution in [3.8, 4) is 22.6 Å². The predicted molar refractivity (Wildman–Crippen MR) is 503 cm³/mol. The highest BCUT2D eigenvalue weighted by atomic mass is 32.2. The van der Waals surface area contributed by atoms with Crippen LogP contribution in [0.3, 0.4) is 0 Å². The number of unbranched alkanes of at least 4 members (excludes halogenated alkanes) is 1. The number of aromatic amines is 1. The maximum absolute atomic E-state index is 15.6. The molecule has 8 aromatic rings. The van der Waals surface area contributed by atoms with E-state index in [4.69, 9.17) is 17.2 Å². The van der Waals surface area contributed by atoms with E-state index < -0.39 is 204 Å². The Kier molecular flexibility index (Phi) is 39.1. The first-order valence-corrected chi connectivity index (χ1v) is 45.4. The molecule has 1 saturated heterocycles. The molecule has 11 atom stereocenters. The maximum atomic E-state index is 15.6. The van der Waals surface area contributed by atoms with E-state index in [1.54, 1.807) is 117 Å². The number of carbonyl (C=O) groups is 16. The number of fused-ring (bicyclic) bond motifs is 1. The summed E-state index contributed by atoms with van der Waals surface area (Å²) < 4.78 is 0. The van der Waals surface area contributed by atoms with Gasteiger partial charge in [0.2, 0.25) is 94.5 Å². The number of aromatic nitrogens is 1. The Morgan fingerprint density at radius 2 is 0.873 bits per heavy atom. The van der Waals surface area contributed by atoms with E-state index in [-0.39, 0.29) is 75.8 Å². The first-order chi connectivity index (χ1) is 64.1. The van der Waals surface area contributed by atoms with Gasteiger partial charge in [0, 0.05) is 89.6 Å². The summed E-state index contributed by atoms with van der Waals surface area (Å²) in [5, 5.41) is 48.2. The summed E-state index contributed by atoms with van der Waals surface area (Å²) in [6.45, 7) is 2.71. The number of hydrogen-bond donors (Lipinski definition) is 16. The Bertz CT molecular complexity index is 5410. The molecular weight excluding hydrogens is 1740 g/mol. The SMILES string of the molecule is CCCC[C@H]1C(=O)N(C)CC(=O)N[C@@H](CC(N)=O)C(=O)N[C@@H](C(C)C)C(=O)N(C)[C@@H](Cc2ccccc2)C(=O)N[C@@H](Cc2ccc(O)cc2)C(=O)N(C)CC(=O)N[C@@H](Cc2c[nH]c3ccccc23)C(=O)N[C@@H](Cc2ccc(O)cc2)C(=O)N[C@@H](CCCN)C(=O)N[C@H](C(=O)NCC(N)=O)CSCC(=O)N[C@@H](Cc2ccccc2)C(=O)N[C@@H](Cc2ccc(-c3ccccc3)cc2)C(=O)N1C. The van der Waals surface area contributed by atoms with Gasteiger partial charge in [0.15, 0.2) is 0 Å². The van der Waals surface area contributed by atoms with Crippen LogP contribution < -0.4 is 70.4 Å². The van der Waals surface area contributed by atoms with Gasteiger partial charge in [0.1, 0.15) is 78.0 Å². The van der Waals surface area contributed by atoms with Gasteiger partial charge in [0.25, 0.3) is 0 Å². The molecule has 712 valence electrons. The zero-order valence-corrected chi connectivity index (χ0v) is 76.8. The molecule has 1 fully saturated rings. The molecule has 1 aliphatic heterocycles. The van der Waals surface area contributed by atoms with Crippen molar-refractivity contribution in [1.29, 1.82) is 0 Å². The predicted octanol–water partition coefficient (Wildman–Crippen LogP) is 1.74. The fourth-order valence-corrected chi connectivity index (χ4v) is 16.3. The maximum Gasteiger partial charge on any atom is 0.245 e. The lowest BCUT2D eigenvalue weighted by molar-refractivity contribution is -0.147. The van der Waals surface area contributed by atoms with E-state index in [1.807, 2.05) is 49.4 Å². The van der Waals surface area contributed by atoms with E-state index in [0.29, 0.717) is 57.1 Å². The second-order valence-corrected chi connectivity index (χ2v) is 34.6. The molecule has 0 bridgehead atoms. The number of phenolic OH excluding ortho intramolecular Hbond substituents is 2. The van der Waals surface area contributed by atoms with Crippen molar-refractivity contribution < 1.29 is 86.9 Å². The van der Waals surface area contributed by atoms with Crippen LogP contribution in [0.5, 0.6) is 11.5 Å². The molecule has 1 aromatic heterocycles. The molecule has 9 rings (SSSR count). The van der Waals surface area contributed by atoms with Crippen molar-refractivity contribution in [2.24, 2.45) is 23.1 Å². The Balaban J connectivity index is 1.11. The number of para-hydroxylation sites is 1. The van der Waals surface area contributed by atoms with Gasteiger partial charge >= 0.3 is 0 Å². The van der Waals surface area contributed by atoms with Crippen LogP contribution in [0.25, 0.3) is 22.0 Å². The summed E-state index contributed by atoms with van der Waals surface area (Å²) in [6, 6.07) is 35.1. The molecule has 1 aliphatic rings. The highest BCUT2D eigenvalue weighted by Gasteiger charge is 2.41. The third kappa shape index (κ3) is 31.1. The highest BCUT2D eigenvalue weighted by molar-refractivity contribution is 8.00. The van der Waals surface area contributed by atoms with Crippen LogP contribution in [0.15, 0.2) is 194 Å². The lowest BCUT2D eigenvalue weighted by Gasteiger charge is -2.34. The smallest absolute Gasteiger partial charge is 0.245 e. The summed E-state index contributed by atoms with van der Waals surface area (Å²) in [7, 11) is 5.20. The number of phenols is 2. The molecule has 0 spiro atoms. The molecule has 0 saturated carbocycles. The summed E-state index contributed by atoms with van der Waals surface area (Å²) in [4.78, 5) is 243. The number of likely N-dealkylation sites (N-methyl/N-ethyl adjacent to an activating group) is 4. The Labute approximate surface area is 781 Å². The minimum Gasteiger partial charge on any atom is -0.508 e. The minimum absolute atomic E-state index is 0.0218. The number of benzene rings is 7. The summed E-state index contributed by atoms with van der Waals surface area (Å²) in [6.07, 6.45) is 0.191. The molecule has 0 unspecified atom stereocenters. The van der Waals surface area contributed by atoms with E-state index in [1.165, 1.54) is 76.7 Å². The van der Waals surface area contributed by atoms with Crippen molar-refractivity contribution in [1.82, 2.24) is 77.8 Å². The second kappa shape index (κ2) is 50.8. The van der Waals surface area contributed by atoms with Gasteiger partial charge in [-0.25, -0.2) is 0 Å². The number of H-pyrrole nitrogens is 1. The van der Waals surface area contributed by atoms with Crippen LogP contribution in [0, 0.1) is 5.92 Å². The first kappa shape index (κ1) is 103. The molecule has 19 N–H and O–H groups in total. The molecule has 37 heteroatoms. The van der Waals surface area contributed by atoms with Crippen LogP contribution in [0.2, 0.25) is 0 Å². The summed E-state index contributed by atoms with van der Waals surface area (Å²) in [5.41, 5.74) is 22.5. The molecule has 36 nitrogen and oxygen atoms in total. The molecule has 7 aromatic carbocycles. The Morgan fingerprint density at radius 1 is 0.433 bits per heavy atom. The fourth-order valence-electron chi connectivity index (χ4n) is 15.4. The van der Waals surface area contributed by atoms with Gasteiger partial charge in [-0.1, -0.05) is 191 Å². The normalized spacial score (nSPS) is 21.4. The Hall–Kier alpha value is -14.5. The average Bonchev–Trinajstić information content (AvgIpc) is 1.77. The number of primary amides is 2. The molecule has 16 amide bonds. The van der Waals surface area contributed by atoms with Crippen LogP contribution >= 0.6 is 11.8 Å². The molecule has 134 heavy (non-hydrogen) atoms. The van der Waals surface area contributed by atoms with E-state index >= 15 is 38.4 Å².